The number of nitrogens with zero attached hydrogens (tertiary/aromatic N) is 4. The van der Waals surface area contributed by atoms with Gasteiger partial charge in [0.1, 0.15) is 6.04 Å². The van der Waals surface area contributed by atoms with Gasteiger partial charge in [0.15, 0.2) is 0 Å². The van der Waals surface area contributed by atoms with Gasteiger partial charge in [-0.05, 0) is 29.5 Å². The van der Waals surface area contributed by atoms with Gasteiger partial charge in [0.05, 0.1) is 12.7 Å². The number of methoxy groups -OCH3 is 1. The highest BCUT2D eigenvalue weighted by atomic mass is 35.5. The molecule has 0 fully saturated rings. The van der Waals surface area contributed by atoms with Gasteiger partial charge in [-0.2, -0.15) is 4.68 Å². The molecule has 1 atom stereocenters. The summed E-state index contributed by atoms with van der Waals surface area (Å²) in [6.07, 6.45) is 0. The minimum Gasteiger partial charge on any atom is -0.466 e. The Hall–Kier alpha value is -2.12. The first kappa shape index (κ1) is 14.8. The van der Waals surface area contributed by atoms with Crippen molar-refractivity contribution >= 4 is 35.1 Å². The third-order valence-electron chi connectivity index (χ3n) is 3.39. The molecule has 2 aromatic rings. The normalized spacial score (nSPS) is 17.0. The fourth-order valence-electron chi connectivity index (χ4n) is 2.43. The number of anilines is 1. The van der Waals surface area contributed by atoms with Crippen LogP contribution in [0.2, 0.25) is 10.0 Å². The standard InChI is InChI=1S/C13H11Cl2N5O2/c1-6-9(12(21)22-2)11(20-13(16-6)17-18-19-20)10-7(14)4-3-5-8(10)15/h3-5,11H,1-2H3,(H,16,17,19)/t11-/m0/s1. The highest BCUT2D eigenvalue weighted by Gasteiger charge is 2.36. The number of benzene rings is 1. The lowest BCUT2D eigenvalue weighted by Gasteiger charge is -2.28. The largest absolute Gasteiger partial charge is 0.466 e. The van der Waals surface area contributed by atoms with E-state index < -0.39 is 12.0 Å². The van der Waals surface area contributed by atoms with Crippen molar-refractivity contribution in [3.8, 4) is 0 Å². The number of carbonyl (C=O) groups excluding carboxylic acids is 1. The Morgan fingerprint density at radius 2 is 2.05 bits per heavy atom. The van der Waals surface area contributed by atoms with Crippen LogP contribution in [0, 0.1) is 0 Å². The van der Waals surface area contributed by atoms with Crippen LogP contribution >= 0.6 is 23.2 Å². The predicted octanol–water partition coefficient (Wildman–Crippen LogP) is 2.44. The van der Waals surface area contributed by atoms with Crippen LogP contribution in [0.3, 0.4) is 0 Å². The second-order valence-electron chi connectivity index (χ2n) is 4.64. The molecule has 0 spiro atoms. The van der Waals surface area contributed by atoms with Crippen molar-refractivity contribution in [2.75, 3.05) is 12.4 Å². The molecule has 22 heavy (non-hydrogen) atoms. The van der Waals surface area contributed by atoms with E-state index in [0.717, 1.165) is 0 Å². The average Bonchev–Trinajstić information content (AvgIpc) is 2.94. The van der Waals surface area contributed by atoms with Crippen molar-refractivity contribution < 1.29 is 9.53 Å². The number of hydrogen-bond acceptors (Lipinski definition) is 6. The van der Waals surface area contributed by atoms with E-state index in [1.165, 1.54) is 11.8 Å². The molecule has 0 unspecified atom stereocenters. The molecule has 1 aromatic carbocycles. The molecule has 0 bridgehead atoms. The van der Waals surface area contributed by atoms with E-state index in [1.807, 2.05) is 0 Å². The smallest absolute Gasteiger partial charge is 0.338 e. The van der Waals surface area contributed by atoms with Crippen molar-refractivity contribution in [1.29, 1.82) is 0 Å². The first-order valence-electron chi connectivity index (χ1n) is 6.32. The molecule has 9 heteroatoms. The lowest BCUT2D eigenvalue weighted by Crippen LogP contribution is -2.29. The maximum Gasteiger partial charge on any atom is 0.338 e. The van der Waals surface area contributed by atoms with Crippen molar-refractivity contribution in [2.45, 2.75) is 13.0 Å². The molecule has 3 rings (SSSR count). The Morgan fingerprint density at radius 1 is 1.36 bits per heavy atom. The molecule has 1 aromatic heterocycles. The molecule has 2 heterocycles. The van der Waals surface area contributed by atoms with Crippen molar-refractivity contribution in [3.05, 3.63) is 45.1 Å². The van der Waals surface area contributed by atoms with Gasteiger partial charge in [0, 0.05) is 21.3 Å². The number of fused-ring (bicyclic) bond motifs is 1. The summed E-state index contributed by atoms with van der Waals surface area (Å²) in [6.45, 7) is 1.74. The van der Waals surface area contributed by atoms with Gasteiger partial charge >= 0.3 is 5.97 Å². The maximum atomic E-state index is 12.2. The summed E-state index contributed by atoms with van der Waals surface area (Å²) in [5.41, 5.74) is 1.47. The van der Waals surface area contributed by atoms with E-state index in [2.05, 4.69) is 20.8 Å². The van der Waals surface area contributed by atoms with Crippen LogP contribution in [0.25, 0.3) is 0 Å². The van der Waals surface area contributed by atoms with Crippen molar-refractivity contribution in [3.63, 3.8) is 0 Å². The first-order valence-corrected chi connectivity index (χ1v) is 7.08. The zero-order valence-corrected chi connectivity index (χ0v) is 13.2. The summed E-state index contributed by atoms with van der Waals surface area (Å²) < 4.78 is 6.33. The third kappa shape index (κ3) is 2.22. The average molecular weight is 340 g/mol. The summed E-state index contributed by atoms with van der Waals surface area (Å²) >= 11 is 12.6. The predicted molar refractivity (Wildman–Crippen MR) is 80.8 cm³/mol. The van der Waals surface area contributed by atoms with Crippen LogP contribution in [0.15, 0.2) is 29.5 Å². The summed E-state index contributed by atoms with van der Waals surface area (Å²) in [5, 5.41) is 15.2. The van der Waals surface area contributed by atoms with Gasteiger partial charge in [-0.1, -0.05) is 34.4 Å². The minimum atomic E-state index is -0.667. The highest BCUT2D eigenvalue weighted by molar-refractivity contribution is 6.36. The summed E-state index contributed by atoms with van der Waals surface area (Å²) in [6, 6.07) is 4.45. The molecule has 1 N–H and O–H groups in total. The van der Waals surface area contributed by atoms with E-state index in [1.54, 1.807) is 25.1 Å². The number of aromatic nitrogens is 4. The summed E-state index contributed by atoms with van der Waals surface area (Å²) in [7, 11) is 1.31. The number of tetrazole rings is 1. The van der Waals surface area contributed by atoms with E-state index in [4.69, 9.17) is 27.9 Å². The van der Waals surface area contributed by atoms with Gasteiger partial charge in [-0.25, -0.2) is 4.79 Å². The van der Waals surface area contributed by atoms with Gasteiger partial charge in [-0.3, -0.25) is 0 Å². The van der Waals surface area contributed by atoms with E-state index in [-0.39, 0.29) is 0 Å². The maximum absolute atomic E-state index is 12.2. The number of ether oxygens (including phenoxy) is 1. The zero-order valence-electron chi connectivity index (χ0n) is 11.7. The summed E-state index contributed by atoms with van der Waals surface area (Å²) in [5.74, 6) is -0.113. The van der Waals surface area contributed by atoms with Crippen molar-refractivity contribution in [1.82, 2.24) is 20.2 Å². The van der Waals surface area contributed by atoms with Crippen LogP contribution in [-0.4, -0.2) is 33.3 Å². The lowest BCUT2D eigenvalue weighted by atomic mass is 9.95. The lowest BCUT2D eigenvalue weighted by molar-refractivity contribution is -0.136. The molecule has 0 amide bonds. The number of nitrogens with one attached hydrogen (secondary N) is 1. The van der Waals surface area contributed by atoms with Crippen LogP contribution in [0.1, 0.15) is 18.5 Å². The van der Waals surface area contributed by atoms with Crippen LogP contribution in [-0.2, 0) is 9.53 Å². The number of hydrogen-bond donors (Lipinski definition) is 1. The SMILES string of the molecule is COC(=O)C1=C(C)Nc2nnnn2[C@@H]1c1c(Cl)cccc1Cl. The van der Waals surface area contributed by atoms with Crippen LogP contribution in [0.5, 0.6) is 0 Å². The number of carbonyl (C=O) groups is 1. The number of esters is 1. The topological polar surface area (TPSA) is 81.9 Å². The number of halogens is 2. The van der Waals surface area contributed by atoms with Gasteiger partial charge in [0.2, 0.25) is 5.95 Å². The molecule has 7 nitrogen and oxygen atoms in total. The molecule has 0 saturated carbocycles. The fourth-order valence-corrected chi connectivity index (χ4v) is 3.03. The third-order valence-corrected chi connectivity index (χ3v) is 4.05. The van der Waals surface area contributed by atoms with Crippen LogP contribution < -0.4 is 5.32 Å². The van der Waals surface area contributed by atoms with Crippen LogP contribution in [0.4, 0.5) is 5.95 Å². The monoisotopic (exact) mass is 339 g/mol. The quantitative estimate of drug-likeness (QED) is 0.846. The molecule has 1 aliphatic rings. The number of allylic oxidation sites excluding steroid dienone is 1. The molecule has 0 aliphatic carbocycles. The Labute approximate surface area is 135 Å². The summed E-state index contributed by atoms with van der Waals surface area (Å²) in [4.78, 5) is 12.2. The van der Waals surface area contributed by atoms with Gasteiger partial charge in [0.25, 0.3) is 0 Å². The van der Waals surface area contributed by atoms with E-state index in [0.29, 0.717) is 32.8 Å². The first-order chi connectivity index (χ1) is 10.5. The molecular weight excluding hydrogens is 329 g/mol. The zero-order chi connectivity index (χ0) is 15.9. The Morgan fingerprint density at radius 3 is 2.68 bits per heavy atom. The van der Waals surface area contributed by atoms with Gasteiger partial charge in [-0.15, -0.1) is 0 Å². The number of rotatable bonds is 2. The van der Waals surface area contributed by atoms with Crippen molar-refractivity contribution in [2.24, 2.45) is 0 Å². The van der Waals surface area contributed by atoms with Gasteiger partial charge < -0.3 is 10.1 Å². The molecule has 1 aliphatic heterocycles. The Balaban J connectivity index is 2.28. The Kier molecular flexibility index (Phi) is 3.76. The van der Waals surface area contributed by atoms with E-state index >= 15 is 0 Å². The fraction of sp³-hybridized carbons (Fsp3) is 0.231. The molecule has 0 radical (unpaired) electrons. The second kappa shape index (κ2) is 5.58. The highest BCUT2D eigenvalue weighted by Crippen LogP contribution is 2.40. The second-order valence-corrected chi connectivity index (χ2v) is 5.45. The molecule has 0 saturated heterocycles. The minimum absolute atomic E-state index is 0.345. The molecule has 114 valence electrons. The molecular formula is C13H11Cl2N5O2. The van der Waals surface area contributed by atoms with E-state index in [9.17, 15) is 4.79 Å². The Bertz CT molecular complexity index is 766.